The molecule has 10 heteroatoms. The molecular weight excluding hydrogens is 445 g/mol. The molecule has 1 N–H and O–H groups in total. The molecule has 32 heavy (non-hydrogen) atoms. The topological polar surface area (TPSA) is 75.7 Å². The van der Waals surface area contributed by atoms with E-state index >= 15 is 0 Å². The lowest BCUT2D eigenvalue weighted by atomic mass is 10.2. The summed E-state index contributed by atoms with van der Waals surface area (Å²) in [7, 11) is -2.50. The van der Waals surface area contributed by atoms with E-state index in [0.717, 1.165) is 16.4 Å². The monoisotopic (exact) mass is 464 g/mol. The van der Waals surface area contributed by atoms with E-state index in [9.17, 15) is 26.4 Å². The number of anilines is 2. The molecule has 3 rings (SSSR count). The van der Waals surface area contributed by atoms with Crippen LogP contribution < -0.4 is 14.4 Å². The fraction of sp³-hybridized carbons (Fsp3) is 0.136. The van der Waals surface area contributed by atoms with Gasteiger partial charge < -0.3 is 10.1 Å². The Bertz CT molecular complexity index is 1200. The SMILES string of the molecule is CN(c1ccccc1)S(=O)(=O)c1cccc(NC(=O)COc2ccccc2C(F)(F)F)c1. The molecule has 0 aliphatic carbocycles. The molecule has 0 fully saturated rings. The number of nitrogens with zero attached hydrogens (tertiary/aromatic N) is 1. The van der Waals surface area contributed by atoms with Crippen molar-refractivity contribution in [3.63, 3.8) is 0 Å². The molecule has 0 spiro atoms. The molecule has 0 aliphatic rings. The molecule has 0 unspecified atom stereocenters. The first-order valence-corrected chi connectivity index (χ1v) is 10.8. The number of halogens is 3. The number of hydrogen-bond donors (Lipinski definition) is 1. The molecule has 0 heterocycles. The number of para-hydroxylation sites is 2. The average molecular weight is 464 g/mol. The fourth-order valence-electron chi connectivity index (χ4n) is 2.84. The number of nitrogens with one attached hydrogen (secondary N) is 1. The second-order valence-corrected chi connectivity index (χ2v) is 8.64. The molecule has 0 saturated carbocycles. The first kappa shape index (κ1) is 23.1. The Morgan fingerprint density at radius 2 is 1.62 bits per heavy atom. The maximum atomic E-state index is 13.0. The van der Waals surface area contributed by atoms with Crippen LogP contribution in [0.2, 0.25) is 0 Å². The van der Waals surface area contributed by atoms with Gasteiger partial charge in [-0.15, -0.1) is 0 Å². The van der Waals surface area contributed by atoms with Crippen LogP contribution in [0.25, 0.3) is 0 Å². The third-order valence-corrected chi connectivity index (χ3v) is 6.23. The minimum atomic E-state index is -4.62. The Balaban J connectivity index is 1.71. The molecule has 168 valence electrons. The first-order valence-electron chi connectivity index (χ1n) is 9.32. The Hall–Kier alpha value is -3.53. The molecule has 0 aromatic heterocycles. The largest absolute Gasteiger partial charge is 0.483 e. The smallest absolute Gasteiger partial charge is 0.419 e. The lowest BCUT2D eigenvalue weighted by molar-refractivity contribution is -0.139. The van der Waals surface area contributed by atoms with Gasteiger partial charge in [-0.1, -0.05) is 36.4 Å². The number of carbonyl (C=O) groups is 1. The molecule has 0 atom stereocenters. The highest BCUT2D eigenvalue weighted by atomic mass is 32.2. The van der Waals surface area contributed by atoms with Crippen molar-refractivity contribution in [1.29, 1.82) is 0 Å². The Labute approximate surface area is 183 Å². The van der Waals surface area contributed by atoms with Crippen molar-refractivity contribution < 1.29 is 31.1 Å². The summed E-state index contributed by atoms with van der Waals surface area (Å²) in [5.74, 6) is -1.22. The van der Waals surface area contributed by atoms with Gasteiger partial charge >= 0.3 is 6.18 Å². The summed E-state index contributed by atoms with van der Waals surface area (Å²) in [6.07, 6.45) is -4.62. The van der Waals surface area contributed by atoms with Gasteiger partial charge in [-0.25, -0.2) is 8.42 Å². The third kappa shape index (κ3) is 5.38. The highest BCUT2D eigenvalue weighted by Crippen LogP contribution is 2.35. The average Bonchev–Trinajstić information content (AvgIpc) is 2.77. The number of ether oxygens (including phenoxy) is 1. The zero-order valence-corrected chi connectivity index (χ0v) is 17.7. The van der Waals surface area contributed by atoms with Crippen LogP contribution in [0, 0.1) is 0 Å². The van der Waals surface area contributed by atoms with Crippen LogP contribution in [0.3, 0.4) is 0 Å². The summed E-state index contributed by atoms with van der Waals surface area (Å²) in [5, 5.41) is 2.43. The summed E-state index contributed by atoms with van der Waals surface area (Å²) < 4.78 is 71.0. The van der Waals surface area contributed by atoms with Gasteiger partial charge in [-0.2, -0.15) is 13.2 Å². The normalized spacial score (nSPS) is 11.6. The number of rotatable bonds is 7. The Kier molecular flexibility index (Phi) is 6.73. The van der Waals surface area contributed by atoms with Gasteiger partial charge in [-0.05, 0) is 42.5 Å². The zero-order valence-electron chi connectivity index (χ0n) is 16.8. The van der Waals surface area contributed by atoms with Crippen molar-refractivity contribution >= 4 is 27.3 Å². The third-order valence-electron chi connectivity index (χ3n) is 4.45. The number of carbonyl (C=O) groups excluding carboxylic acids is 1. The molecule has 3 aromatic rings. The van der Waals surface area contributed by atoms with Crippen LogP contribution in [0.1, 0.15) is 5.56 Å². The summed E-state index contributed by atoms with van der Waals surface area (Å²) in [5.41, 5.74) is -0.381. The van der Waals surface area contributed by atoms with Gasteiger partial charge in [0, 0.05) is 12.7 Å². The predicted molar refractivity (Wildman–Crippen MR) is 114 cm³/mol. The Morgan fingerprint density at radius 3 is 2.31 bits per heavy atom. The second-order valence-electron chi connectivity index (χ2n) is 6.67. The van der Waals surface area contributed by atoms with Gasteiger partial charge in [0.15, 0.2) is 6.61 Å². The van der Waals surface area contributed by atoms with Crippen LogP contribution in [-0.4, -0.2) is 28.0 Å². The van der Waals surface area contributed by atoms with Crippen molar-refractivity contribution in [3.8, 4) is 5.75 Å². The van der Waals surface area contributed by atoms with E-state index in [2.05, 4.69) is 5.32 Å². The maximum Gasteiger partial charge on any atom is 0.419 e. The number of amides is 1. The highest BCUT2D eigenvalue weighted by molar-refractivity contribution is 7.92. The first-order chi connectivity index (χ1) is 15.1. The lowest BCUT2D eigenvalue weighted by Gasteiger charge is -2.20. The second kappa shape index (κ2) is 9.31. The lowest BCUT2D eigenvalue weighted by Crippen LogP contribution is -2.26. The van der Waals surface area contributed by atoms with Gasteiger partial charge in [0.25, 0.3) is 15.9 Å². The molecule has 3 aromatic carbocycles. The molecule has 0 radical (unpaired) electrons. The number of benzene rings is 3. The van der Waals surface area contributed by atoms with E-state index in [0.29, 0.717) is 5.69 Å². The van der Waals surface area contributed by atoms with Crippen LogP contribution in [0.5, 0.6) is 5.75 Å². The number of hydrogen-bond acceptors (Lipinski definition) is 4. The van der Waals surface area contributed by atoms with Crippen molar-refractivity contribution in [2.75, 3.05) is 23.3 Å². The van der Waals surface area contributed by atoms with Gasteiger partial charge in [0.1, 0.15) is 5.75 Å². The number of alkyl halides is 3. The molecule has 0 bridgehead atoms. The van der Waals surface area contributed by atoms with E-state index in [1.165, 1.54) is 43.4 Å². The van der Waals surface area contributed by atoms with Crippen molar-refractivity contribution in [2.45, 2.75) is 11.1 Å². The predicted octanol–water partition coefficient (Wildman–Crippen LogP) is 4.55. The molecule has 1 amide bonds. The van der Waals surface area contributed by atoms with Crippen molar-refractivity contribution in [3.05, 3.63) is 84.4 Å². The highest BCUT2D eigenvalue weighted by Gasteiger charge is 2.34. The van der Waals surface area contributed by atoms with Crippen LogP contribution in [0.15, 0.2) is 83.8 Å². The maximum absolute atomic E-state index is 13.0. The van der Waals surface area contributed by atoms with Crippen LogP contribution >= 0.6 is 0 Å². The minimum Gasteiger partial charge on any atom is -0.483 e. The van der Waals surface area contributed by atoms with Gasteiger partial charge in [0.05, 0.1) is 16.1 Å². The van der Waals surface area contributed by atoms with Gasteiger partial charge in [0.2, 0.25) is 0 Å². The molecule has 6 nitrogen and oxygen atoms in total. The zero-order chi connectivity index (χ0) is 23.4. The van der Waals surface area contributed by atoms with Crippen LogP contribution in [-0.2, 0) is 21.0 Å². The van der Waals surface area contributed by atoms with E-state index in [4.69, 9.17) is 4.74 Å². The Morgan fingerprint density at radius 1 is 0.969 bits per heavy atom. The standard InChI is InChI=1S/C22H19F3N2O4S/c1-27(17-9-3-2-4-10-17)32(29,30)18-11-7-8-16(14-18)26-21(28)15-31-20-13-6-5-12-19(20)22(23,24)25/h2-14H,15H2,1H3,(H,26,28). The van der Waals surface area contributed by atoms with E-state index in [-0.39, 0.29) is 10.6 Å². The molecule has 0 saturated heterocycles. The van der Waals surface area contributed by atoms with E-state index < -0.39 is 40.0 Å². The van der Waals surface area contributed by atoms with Crippen molar-refractivity contribution in [1.82, 2.24) is 0 Å². The summed E-state index contributed by atoms with van der Waals surface area (Å²) >= 11 is 0. The quantitative estimate of drug-likeness (QED) is 0.557. The van der Waals surface area contributed by atoms with Crippen LogP contribution in [0.4, 0.5) is 24.5 Å². The summed E-state index contributed by atoms with van der Waals surface area (Å²) in [6.45, 7) is -0.687. The molecule has 0 aliphatic heterocycles. The molecular formula is C22H19F3N2O4S. The number of sulfonamides is 1. The fourth-order valence-corrected chi connectivity index (χ4v) is 4.08. The van der Waals surface area contributed by atoms with E-state index in [1.54, 1.807) is 30.3 Å². The summed E-state index contributed by atoms with van der Waals surface area (Å²) in [4.78, 5) is 12.1. The van der Waals surface area contributed by atoms with E-state index in [1.807, 2.05) is 0 Å². The minimum absolute atomic E-state index is 0.0648. The van der Waals surface area contributed by atoms with Crippen molar-refractivity contribution in [2.24, 2.45) is 0 Å². The summed E-state index contributed by atoms with van der Waals surface area (Å²) in [6, 6.07) is 18.5. The van der Waals surface area contributed by atoms with Gasteiger partial charge in [-0.3, -0.25) is 9.10 Å².